The van der Waals surface area contributed by atoms with Crippen LogP contribution in [0.3, 0.4) is 0 Å². The van der Waals surface area contributed by atoms with E-state index in [4.69, 9.17) is 0 Å². The van der Waals surface area contributed by atoms with Gasteiger partial charge in [-0.15, -0.1) is 5.10 Å². The van der Waals surface area contributed by atoms with Crippen LogP contribution in [0, 0.1) is 0 Å². The smallest absolute Gasteiger partial charge is 0.279 e. The maximum Gasteiger partial charge on any atom is 0.279 e. The Morgan fingerprint density at radius 2 is 2.00 bits per heavy atom. The van der Waals surface area contributed by atoms with Gasteiger partial charge in [-0.25, -0.2) is 9.67 Å². The second-order valence-corrected chi connectivity index (χ2v) is 4.61. The third-order valence-corrected chi connectivity index (χ3v) is 2.98. The summed E-state index contributed by atoms with van der Waals surface area (Å²) in [5.74, 6) is -0.494. The molecule has 7 heteroatoms. The number of hydrogen-bond acceptors (Lipinski definition) is 5. The fourth-order valence-corrected chi connectivity index (χ4v) is 1.91. The van der Waals surface area contributed by atoms with Crippen molar-refractivity contribution in [3.63, 3.8) is 0 Å². The minimum atomic E-state index is -0.478. The number of benzene rings is 1. The van der Waals surface area contributed by atoms with Crippen LogP contribution in [0.1, 0.15) is 16.1 Å². The van der Waals surface area contributed by atoms with Crippen LogP contribution < -0.4 is 5.32 Å². The molecule has 22 heavy (non-hydrogen) atoms. The zero-order valence-electron chi connectivity index (χ0n) is 11.5. The monoisotopic (exact) mass is 295 g/mol. The van der Waals surface area contributed by atoms with E-state index in [1.807, 2.05) is 30.3 Å². The molecule has 0 saturated carbocycles. The van der Waals surface area contributed by atoms with Gasteiger partial charge < -0.3 is 10.4 Å². The quantitative estimate of drug-likeness (QED) is 0.764. The van der Waals surface area contributed by atoms with Crippen molar-refractivity contribution in [2.24, 2.45) is 0 Å². The van der Waals surface area contributed by atoms with Gasteiger partial charge in [-0.3, -0.25) is 4.79 Å². The summed E-state index contributed by atoms with van der Waals surface area (Å²) < 4.78 is 1.57. The van der Waals surface area contributed by atoms with Crippen molar-refractivity contribution in [2.45, 2.75) is 6.54 Å². The van der Waals surface area contributed by atoms with Crippen LogP contribution >= 0.6 is 0 Å². The topological polar surface area (TPSA) is 92.9 Å². The minimum Gasteiger partial charge on any atom is -0.504 e. The van der Waals surface area contributed by atoms with Crippen molar-refractivity contribution in [1.29, 1.82) is 0 Å². The molecule has 0 bridgehead atoms. The molecule has 0 aliphatic carbocycles. The van der Waals surface area contributed by atoms with Crippen LogP contribution in [0.25, 0.3) is 0 Å². The van der Waals surface area contributed by atoms with Crippen molar-refractivity contribution >= 4 is 11.7 Å². The van der Waals surface area contributed by atoms with E-state index in [9.17, 15) is 9.90 Å². The van der Waals surface area contributed by atoms with E-state index in [0.717, 1.165) is 5.56 Å². The summed E-state index contributed by atoms with van der Waals surface area (Å²) in [5, 5.41) is 19.8. The van der Waals surface area contributed by atoms with Gasteiger partial charge in [0.15, 0.2) is 17.3 Å². The Morgan fingerprint density at radius 3 is 2.77 bits per heavy atom. The summed E-state index contributed by atoms with van der Waals surface area (Å²) in [7, 11) is 0. The second kappa shape index (κ2) is 6.04. The number of aromatic hydroxyl groups is 1. The Hall–Kier alpha value is -3.22. The van der Waals surface area contributed by atoms with Gasteiger partial charge in [-0.1, -0.05) is 35.5 Å². The first-order valence-corrected chi connectivity index (χ1v) is 6.62. The fourth-order valence-electron chi connectivity index (χ4n) is 1.91. The maximum absolute atomic E-state index is 12.1. The normalized spacial score (nSPS) is 10.4. The number of pyridine rings is 1. The highest BCUT2D eigenvalue weighted by Gasteiger charge is 2.13. The molecule has 0 atom stereocenters. The molecule has 0 unspecified atom stereocenters. The van der Waals surface area contributed by atoms with Gasteiger partial charge in [0.2, 0.25) is 0 Å². The first kappa shape index (κ1) is 13.7. The van der Waals surface area contributed by atoms with E-state index in [-0.39, 0.29) is 17.3 Å². The summed E-state index contributed by atoms with van der Waals surface area (Å²) in [4.78, 5) is 15.9. The molecule has 110 valence electrons. The second-order valence-electron chi connectivity index (χ2n) is 4.61. The highest BCUT2D eigenvalue weighted by Crippen LogP contribution is 2.18. The average molecular weight is 295 g/mol. The predicted octanol–water partition coefficient (Wildman–Crippen LogP) is 1.68. The van der Waals surface area contributed by atoms with Crippen LogP contribution in [0.2, 0.25) is 0 Å². The lowest BCUT2D eigenvalue weighted by molar-refractivity contribution is 0.102. The number of nitrogens with zero attached hydrogens (tertiary/aromatic N) is 4. The molecule has 2 aromatic heterocycles. The third kappa shape index (κ3) is 3.09. The molecule has 0 aliphatic heterocycles. The average Bonchev–Trinajstić information content (AvgIpc) is 2.99. The lowest BCUT2D eigenvalue weighted by Crippen LogP contribution is -2.13. The number of rotatable bonds is 4. The van der Waals surface area contributed by atoms with Crippen molar-refractivity contribution in [3.05, 3.63) is 66.1 Å². The van der Waals surface area contributed by atoms with Crippen molar-refractivity contribution in [2.75, 3.05) is 5.32 Å². The molecule has 0 fully saturated rings. The van der Waals surface area contributed by atoms with Gasteiger partial charge in [0.1, 0.15) is 0 Å². The highest BCUT2D eigenvalue weighted by molar-refractivity contribution is 6.02. The highest BCUT2D eigenvalue weighted by atomic mass is 16.3. The van der Waals surface area contributed by atoms with Gasteiger partial charge in [-0.2, -0.15) is 0 Å². The summed E-state index contributed by atoms with van der Waals surface area (Å²) in [5.41, 5.74) is 1.21. The van der Waals surface area contributed by atoms with E-state index in [1.165, 1.54) is 12.3 Å². The van der Waals surface area contributed by atoms with Crippen LogP contribution in [0.5, 0.6) is 5.75 Å². The Bertz CT molecular complexity index is 785. The lowest BCUT2D eigenvalue weighted by Gasteiger charge is -2.03. The Labute approximate surface area is 126 Å². The number of amides is 1. The summed E-state index contributed by atoms with van der Waals surface area (Å²) in [6, 6.07) is 12.7. The predicted molar refractivity (Wildman–Crippen MR) is 79.4 cm³/mol. The number of nitrogens with one attached hydrogen (secondary N) is 1. The number of hydrogen-bond donors (Lipinski definition) is 2. The van der Waals surface area contributed by atoms with Gasteiger partial charge in [0.25, 0.3) is 5.91 Å². The Morgan fingerprint density at radius 1 is 1.18 bits per heavy atom. The SMILES string of the molecule is O=C(Nc1ncccc1O)c1cn(Cc2ccccc2)nn1. The van der Waals surface area contributed by atoms with E-state index in [2.05, 4.69) is 20.6 Å². The van der Waals surface area contributed by atoms with Crippen LogP contribution in [0.4, 0.5) is 5.82 Å². The zero-order valence-corrected chi connectivity index (χ0v) is 11.5. The summed E-state index contributed by atoms with van der Waals surface area (Å²) in [6.45, 7) is 0.524. The van der Waals surface area contributed by atoms with Crippen LogP contribution in [-0.2, 0) is 6.54 Å². The number of carbonyl (C=O) groups is 1. The first-order valence-electron chi connectivity index (χ1n) is 6.62. The molecule has 0 aliphatic rings. The van der Waals surface area contributed by atoms with E-state index >= 15 is 0 Å². The Balaban J connectivity index is 1.71. The number of carbonyl (C=O) groups excluding carboxylic acids is 1. The van der Waals surface area contributed by atoms with Crippen molar-refractivity contribution in [3.8, 4) is 5.75 Å². The van der Waals surface area contributed by atoms with Gasteiger partial charge in [-0.05, 0) is 17.7 Å². The number of aromatic nitrogens is 4. The largest absolute Gasteiger partial charge is 0.504 e. The standard InChI is InChI=1S/C15H13N5O2/c21-13-7-4-8-16-14(13)17-15(22)12-10-20(19-18-12)9-11-5-2-1-3-6-11/h1-8,10,21H,9H2,(H,16,17,22). The maximum atomic E-state index is 12.1. The molecule has 2 N–H and O–H groups in total. The van der Waals surface area contributed by atoms with Gasteiger partial charge >= 0.3 is 0 Å². The molecular formula is C15H13N5O2. The third-order valence-electron chi connectivity index (χ3n) is 2.98. The minimum absolute atomic E-state index is 0.0881. The first-order chi connectivity index (χ1) is 10.7. The van der Waals surface area contributed by atoms with Gasteiger partial charge in [0.05, 0.1) is 12.7 Å². The molecule has 7 nitrogen and oxygen atoms in total. The lowest BCUT2D eigenvalue weighted by atomic mass is 10.2. The molecule has 3 aromatic rings. The van der Waals surface area contributed by atoms with E-state index < -0.39 is 5.91 Å². The number of anilines is 1. The molecule has 0 spiro atoms. The van der Waals surface area contributed by atoms with Crippen molar-refractivity contribution in [1.82, 2.24) is 20.0 Å². The van der Waals surface area contributed by atoms with Crippen LogP contribution in [0.15, 0.2) is 54.9 Å². The van der Waals surface area contributed by atoms with Crippen LogP contribution in [-0.4, -0.2) is 31.0 Å². The molecule has 3 rings (SSSR count). The van der Waals surface area contributed by atoms with Gasteiger partial charge in [0, 0.05) is 6.20 Å². The Kier molecular flexibility index (Phi) is 3.78. The molecule has 0 radical (unpaired) electrons. The molecular weight excluding hydrogens is 282 g/mol. The summed E-state index contributed by atoms with van der Waals surface area (Å²) >= 11 is 0. The van der Waals surface area contributed by atoms with E-state index in [0.29, 0.717) is 6.54 Å². The molecule has 0 saturated heterocycles. The molecule has 1 amide bonds. The summed E-state index contributed by atoms with van der Waals surface area (Å²) in [6.07, 6.45) is 3.02. The zero-order chi connectivity index (χ0) is 15.4. The molecule has 1 aromatic carbocycles. The van der Waals surface area contributed by atoms with Crippen molar-refractivity contribution < 1.29 is 9.90 Å². The fraction of sp³-hybridized carbons (Fsp3) is 0.0667. The van der Waals surface area contributed by atoms with E-state index in [1.54, 1.807) is 16.9 Å². The molecule has 2 heterocycles.